The molecule has 0 aliphatic heterocycles. The highest BCUT2D eigenvalue weighted by Crippen LogP contribution is 2.34. The summed E-state index contributed by atoms with van der Waals surface area (Å²) in [4.78, 5) is 15.6. The standard InChI is InChI=1S/C22H29N5O/c1-14(2)11-27(12-15(3)4)21-19(23)22(25-13-24-21)28-18-8-6-7-17-10-9-16(5)26-20(17)18/h6-10,13-15H,11-12,23H2,1-5H3. The number of fused-ring (bicyclic) bond motifs is 1. The number of hydrogen-bond acceptors (Lipinski definition) is 6. The first kappa shape index (κ1) is 19.9. The quantitative estimate of drug-likeness (QED) is 0.634. The zero-order valence-corrected chi connectivity index (χ0v) is 17.3. The van der Waals surface area contributed by atoms with Crippen molar-refractivity contribution in [1.29, 1.82) is 0 Å². The molecule has 148 valence electrons. The molecule has 2 N–H and O–H groups in total. The number of pyridine rings is 1. The molecule has 0 aliphatic rings. The van der Waals surface area contributed by atoms with E-state index in [-0.39, 0.29) is 0 Å². The molecule has 3 aromatic rings. The maximum atomic E-state index is 6.45. The average molecular weight is 380 g/mol. The first-order valence-electron chi connectivity index (χ1n) is 9.74. The molecule has 0 saturated heterocycles. The second-order valence-corrected chi connectivity index (χ2v) is 7.99. The highest BCUT2D eigenvalue weighted by Gasteiger charge is 2.19. The normalized spacial score (nSPS) is 11.4. The van der Waals surface area contributed by atoms with Gasteiger partial charge >= 0.3 is 0 Å². The molecule has 1 aromatic carbocycles. The van der Waals surface area contributed by atoms with Crippen LogP contribution in [-0.4, -0.2) is 28.0 Å². The highest BCUT2D eigenvalue weighted by atomic mass is 16.5. The van der Waals surface area contributed by atoms with E-state index in [1.165, 1.54) is 6.33 Å². The van der Waals surface area contributed by atoms with Gasteiger partial charge in [0.1, 0.15) is 17.5 Å². The fourth-order valence-electron chi connectivity index (χ4n) is 3.24. The Bertz CT molecular complexity index is 945. The molecule has 6 nitrogen and oxygen atoms in total. The molecule has 2 aromatic heterocycles. The summed E-state index contributed by atoms with van der Waals surface area (Å²) >= 11 is 0. The van der Waals surface area contributed by atoms with Crippen molar-refractivity contribution in [3.05, 3.63) is 42.4 Å². The van der Waals surface area contributed by atoms with Gasteiger partial charge in [0.25, 0.3) is 0 Å². The third-order valence-electron chi connectivity index (χ3n) is 4.33. The van der Waals surface area contributed by atoms with Crippen LogP contribution in [0.5, 0.6) is 11.6 Å². The molecule has 0 unspecified atom stereocenters. The lowest BCUT2D eigenvalue weighted by Gasteiger charge is -2.28. The fraction of sp³-hybridized carbons (Fsp3) is 0.409. The van der Waals surface area contributed by atoms with Crippen molar-refractivity contribution in [3.8, 4) is 11.6 Å². The van der Waals surface area contributed by atoms with E-state index in [2.05, 4.69) is 47.5 Å². The lowest BCUT2D eigenvalue weighted by molar-refractivity contribution is 0.467. The number of ether oxygens (including phenoxy) is 1. The number of nitrogen functional groups attached to an aromatic ring is 1. The van der Waals surface area contributed by atoms with Crippen LogP contribution < -0.4 is 15.4 Å². The van der Waals surface area contributed by atoms with Gasteiger partial charge in [-0.3, -0.25) is 0 Å². The Kier molecular flexibility index (Phi) is 5.97. The van der Waals surface area contributed by atoms with E-state index in [4.69, 9.17) is 10.5 Å². The molecule has 0 saturated carbocycles. The topological polar surface area (TPSA) is 77.2 Å². The average Bonchev–Trinajstić information content (AvgIpc) is 2.62. The largest absolute Gasteiger partial charge is 0.435 e. The molecule has 0 atom stereocenters. The highest BCUT2D eigenvalue weighted by molar-refractivity contribution is 5.85. The summed E-state index contributed by atoms with van der Waals surface area (Å²) in [5, 5.41) is 1.01. The van der Waals surface area contributed by atoms with E-state index in [0.717, 1.165) is 35.5 Å². The van der Waals surface area contributed by atoms with Gasteiger partial charge in [0.05, 0.1) is 0 Å². The summed E-state index contributed by atoms with van der Waals surface area (Å²) < 4.78 is 6.11. The number of para-hydroxylation sites is 1. The van der Waals surface area contributed by atoms with Gasteiger partial charge in [0, 0.05) is 24.2 Å². The van der Waals surface area contributed by atoms with Crippen LogP contribution in [0.25, 0.3) is 10.9 Å². The van der Waals surface area contributed by atoms with Crippen molar-refractivity contribution in [3.63, 3.8) is 0 Å². The molecule has 0 bridgehead atoms. The Balaban J connectivity index is 1.98. The van der Waals surface area contributed by atoms with Crippen molar-refractivity contribution in [2.75, 3.05) is 23.7 Å². The van der Waals surface area contributed by atoms with Crippen LogP contribution in [0.4, 0.5) is 11.5 Å². The lowest BCUT2D eigenvalue weighted by atomic mass is 10.1. The van der Waals surface area contributed by atoms with Crippen LogP contribution >= 0.6 is 0 Å². The molecule has 0 fully saturated rings. The van der Waals surface area contributed by atoms with E-state index in [1.807, 2.05) is 37.3 Å². The van der Waals surface area contributed by atoms with Crippen molar-refractivity contribution >= 4 is 22.4 Å². The third kappa shape index (κ3) is 4.50. The number of nitrogens with two attached hydrogens (primary N) is 1. The van der Waals surface area contributed by atoms with Gasteiger partial charge in [0.2, 0.25) is 5.88 Å². The molecule has 3 rings (SSSR count). The molecule has 0 radical (unpaired) electrons. The monoisotopic (exact) mass is 379 g/mol. The van der Waals surface area contributed by atoms with Crippen LogP contribution in [0.2, 0.25) is 0 Å². The first-order valence-corrected chi connectivity index (χ1v) is 9.74. The van der Waals surface area contributed by atoms with Crippen molar-refractivity contribution < 1.29 is 4.74 Å². The Morgan fingerprint density at radius 2 is 1.71 bits per heavy atom. The van der Waals surface area contributed by atoms with E-state index in [1.54, 1.807) is 0 Å². The molecule has 0 spiro atoms. The van der Waals surface area contributed by atoms with Crippen molar-refractivity contribution in [1.82, 2.24) is 15.0 Å². The van der Waals surface area contributed by atoms with Crippen LogP contribution in [0.15, 0.2) is 36.7 Å². The summed E-state index contributed by atoms with van der Waals surface area (Å²) in [6.45, 7) is 12.4. The summed E-state index contributed by atoms with van der Waals surface area (Å²) in [7, 11) is 0. The van der Waals surface area contributed by atoms with Gasteiger partial charge in [-0.05, 0) is 30.9 Å². The molecule has 6 heteroatoms. The minimum atomic E-state index is 0.360. The third-order valence-corrected chi connectivity index (χ3v) is 4.33. The zero-order chi connectivity index (χ0) is 20.3. The van der Waals surface area contributed by atoms with Gasteiger partial charge in [-0.25, -0.2) is 9.97 Å². The van der Waals surface area contributed by atoms with Crippen LogP contribution in [0, 0.1) is 18.8 Å². The predicted molar refractivity (Wildman–Crippen MR) is 115 cm³/mol. The van der Waals surface area contributed by atoms with Crippen LogP contribution in [0.1, 0.15) is 33.4 Å². The number of aryl methyl sites for hydroxylation is 1. The van der Waals surface area contributed by atoms with E-state index in [0.29, 0.717) is 29.2 Å². The maximum Gasteiger partial charge on any atom is 0.248 e. The van der Waals surface area contributed by atoms with Gasteiger partial charge in [-0.1, -0.05) is 45.9 Å². The first-order chi connectivity index (χ1) is 13.3. The number of benzene rings is 1. The second kappa shape index (κ2) is 8.42. The number of aromatic nitrogens is 3. The Morgan fingerprint density at radius 3 is 2.39 bits per heavy atom. The van der Waals surface area contributed by atoms with Crippen LogP contribution in [0.3, 0.4) is 0 Å². The maximum absolute atomic E-state index is 6.45. The summed E-state index contributed by atoms with van der Waals surface area (Å²) in [6, 6.07) is 9.86. The number of nitrogens with zero attached hydrogens (tertiary/aromatic N) is 4. The van der Waals surface area contributed by atoms with E-state index >= 15 is 0 Å². The number of anilines is 2. The van der Waals surface area contributed by atoms with Crippen LogP contribution in [-0.2, 0) is 0 Å². The molecular formula is C22H29N5O. The molecule has 2 heterocycles. The van der Waals surface area contributed by atoms with E-state index in [9.17, 15) is 0 Å². The van der Waals surface area contributed by atoms with Gasteiger partial charge in [-0.15, -0.1) is 0 Å². The summed E-state index contributed by atoms with van der Waals surface area (Å²) in [5.74, 6) is 2.69. The Morgan fingerprint density at radius 1 is 1.00 bits per heavy atom. The zero-order valence-electron chi connectivity index (χ0n) is 17.3. The van der Waals surface area contributed by atoms with Gasteiger partial charge in [-0.2, -0.15) is 4.98 Å². The van der Waals surface area contributed by atoms with Gasteiger partial charge in [0.15, 0.2) is 11.6 Å². The summed E-state index contributed by atoms with van der Waals surface area (Å²) in [5.41, 5.74) is 8.62. The molecule has 0 aliphatic carbocycles. The van der Waals surface area contributed by atoms with Crippen molar-refractivity contribution in [2.45, 2.75) is 34.6 Å². The fourth-order valence-corrected chi connectivity index (χ4v) is 3.24. The van der Waals surface area contributed by atoms with E-state index < -0.39 is 0 Å². The number of hydrogen-bond donors (Lipinski definition) is 1. The lowest BCUT2D eigenvalue weighted by Crippen LogP contribution is -2.32. The Hall–Kier alpha value is -2.89. The van der Waals surface area contributed by atoms with Gasteiger partial charge < -0.3 is 15.4 Å². The minimum absolute atomic E-state index is 0.360. The minimum Gasteiger partial charge on any atom is -0.435 e. The SMILES string of the molecule is Cc1ccc2cccc(Oc3ncnc(N(CC(C)C)CC(C)C)c3N)c2n1. The van der Waals surface area contributed by atoms with Crippen molar-refractivity contribution in [2.24, 2.45) is 11.8 Å². The smallest absolute Gasteiger partial charge is 0.248 e. The molecular weight excluding hydrogens is 350 g/mol. The Labute approximate surface area is 166 Å². The second-order valence-electron chi connectivity index (χ2n) is 7.99. The predicted octanol–water partition coefficient (Wildman–Crippen LogP) is 4.83. The summed E-state index contributed by atoms with van der Waals surface area (Å²) in [6.07, 6.45) is 1.51. The number of rotatable bonds is 7. The molecule has 0 amide bonds. The molecule has 28 heavy (non-hydrogen) atoms.